The summed E-state index contributed by atoms with van der Waals surface area (Å²) in [7, 11) is 0. The predicted molar refractivity (Wildman–Crippen MR) is 95.1 cm³/mol. The Morgan fingerprint density at radius 2 is 1.92 bits per heavy atom. The number of aromatic nitrogens is 4. The van der Waals surface area contributed by atoms with Crippen LogP contribution in [0.1, 0.15) is 29.8 Å². The Bertz CT molecular complexity index is 676. The van der Waals surface area contributed by atoms with E-state index in [1.165, 1.54) is 0 Å². The van der Waals surface area contributed by atoms with Crippen molar-refractivity contribution in [3.8, 4) is 0 Å². The molecule has 9 heteroatoms. The minimum absolute atomic E-state index is 0.394. The third-order valence-corrected chi connectivity index (χ3v) is 5.00. The molecule has 3 rings (SSSR count). The maximum absolute atomic E-state index is 6.13. The molecule has 1 aliphatic heterocycles. The van der Waals surface area contributed by atoms with Crippen LogP contribution >= 0.6 is 11.3 Å². The molecule has 2 N–H and O–H groups in total. The van der Waals surface area contributed by atoms with Crippen LogP contribution < -0.4 is 10.6 Å². The molecule has 0 aromatic carbocycles. The number of nitrogens with zero attached hydrogens (tertiary/aromatic N) is 7. The van der Waals surface area contributed by atoms with Gasteiger partial charge in [-0.1, -0.05) is 25.2 Å². The summed E-state index contributed by atoms with van der Waals surface area (Å²) in [5, 5.41) is 10.3. The average molecular weight is 346 g/mol. The summed E-state index contributed by atoms with van der Waals surface area (Å²) >= 11 is 1.60. The number of aliphatic imine (C=N–C) groups is 1. The van der Waals surface area contributed by atoms with Gasteiger partial charge in [0.05, 0.1) is 6.54 Å². The standard InChI is InChI=1S/C15H22N8S/c1-11(2)13-21-20-12(24-13)10-19-14(16)22-6-8-23(9-7-22)15-17-4-3-5-18-15/h3-5,11H,6-10H2,1-2H3,(H2,16,19). The van der Waals surface area contributed by atoms with E-state index >= 15 is 0 Å². The number of hydrogen-bond acceptors (Lipinski definition) is 7. The topological polar surface area (TPSA) is 96.4 Å². The second-order valence-corrected chi connectivity index (χ2v) is 6.98. The summed E-state index contributed by atoms with van der Waals surface area (Å²) in [6.07, 6.45) is 3.52. The first-order valence-corrected chi connectivity index (χ1v) is 8.84. The van der Waals surface area contributed by atoms with Crippen molar-refractivity contribution in [3.63, 3.8) is 0 Å². The van der Waals surface area contributed by atoms with Gasteiger partial charge >= 0.3 is 0 Å². The molecule has 1 aliphatic rings. The first kappa shape index (κ1) is 16.6. The minimum atomic E-state index is 0.394. The Morgan fingerprint density at radius 1 is 1.21 bits per heavy atom. The number of piperazine rings is 1. The van der Waals surface area contributed by atoms with Crippen LogP contribution in [-0.2, 0) is 6.54 Å². The van der Waals surface area contributed by atoms with E-state index in [0.29, 0.717) is 18.4 Å². The lowest BCUT2D eigenvalue weighted by atomic mass is 10.2. The lowest BCUT2D eigenvalue weighted by Crippen LogP contribution is -2.51. The SMILES string of the molecule is CC(C)c1nnc(CN=C(N)N2CCN(c3ncccn3)CC2)s1. The third-order valence-electron chi connectivity index (χ3n) is 3.79. The molecule has 0 bridgehead atoms. The van der Waals surface area contributed by atoms with Crippen molar-refractivity contribution in [1.29, 1.82) is 0 Å². The number of guanidine groups is 1. The monoisotopic (exact) mass is 346 g/mol. The number of hydrogen-bond donors (Lipinski definition) is 1. The summed E-state index contributed by atoms with van der Waals surface area (Å²) in [6, 6.07) is 1.82. The van der Waals surface area contributed by atoms with Crippen LogP contribution in [0.15, 0.2) is 23.5 Å². The minimum Gasteiger partial charge on any atom is -0.370 e. The normalized spacial score (nSPS) is 16.0. The predicted octanol–water partition coefficient (Wildman–Crippen LogP) is 1.09. The number of rotatable bonds is 4. The van der Waals surface area contributed by atoms with Gasteiger partial charge in [0.25, 0.3) is 0 Å². The lowest BCUT2D eigenvalue weighted by molar-refractivity contribution is 0.378. The van der Waals surface area contributed by atoms with Crippen molar-refractivity contribution < 1.29 is 0 Å². The van der Waals surface area contributed by atoms with Gasteiger partial charge in [0, 0.05) is 44.5 Å². The van der Waals surface area contributed by atoms with Crippen LogP contribution in [0.5, 0.6) is 0 Å². The Balaban J connectivity index is 1.53. The highest BCUT2D eigenvalue weighted by atomic mass is 32.1. The van der Waals surface area contributed by atoms with Crippen LogP contribution in [0, 0.1) is 0 Å². The Hall–Kier alpha value is -2.29. The van der Waals surface area contributed by atoms with Gasteiger partial charge in [-0.15, -0.1) is 10.2 Å². The molecule has 8 nitrogen and oxygen atoms in total. The van der Waals surface area contributed by atoms with E-state index in [0.717, 1.165) is 42.1 Å². The summed E-state index contributed by atoms with van der Waals surface area (Å²) in [6.45, 7) is 7.98. The average Bonchev–Trinajstić information content (AvgIpc) is 3.10. The highest BCUT2D eigenvalue weighted by Crippen LogP contribution is 2.19. The van der Waals surface area contributed by atoms with Crippen molar-refractivity contribution in [3.05, 3.63) is 28.5 Å². The van der Waals surface area contributed by atoms with E-state index in [2.05, 4.69) is 48.8 Å². The van der Waals surface area contributed by atoms with Crippen molar-refractivity contribution in [2.75, 3.05) is 31.1 Å². The van der Waals surface area contributed by atoms with Gasteiger partial charge in [0.1, 0.15) is 10.0 Å². The van der Waals surface area contributed by atoms with Crippen LogP contribution in [0.3, 0.4) is 0 Å². The molecule has 0 unspecified atom stereocenters. The molecule has 1 saturated heterocycles. The molecule has 0 atom stereocenters. The molecule has 0 spiro atoms. The molecule has 1 fully saturated rings. The first-order chi connectivity index (χ1) is 11.6. The van der Waals surface area contributed by atoms with Crippen LogP contribution in [0.4, 0.5) is 5.95 Å². The van der Waals surface area contributed by atoms with E-state index in [1.54, 1.807) is 23.7 Å². The molecular weight excluding hydrogens is 324 g/mol. The quantitative estimate of drug-likeness (QED) is 0.654. The summed E-state index contributed by atoms with van der Waals surface area (Å²) < 4.78 is 0. The molecular formula is C15H22N8S. The smallest absolute Gasteiger partial charge is 0.225 e. The third kappa shape index (κ3) is 3.97. The van der Waals surface area contributed by atoms with Gasteiger partial charge in [0.2, 0.25) is 5.95 Å². The van der Waals surface area contributed by atoms with Crippen LogP contribution in [-0.4, -0.2) is 57.2 Å². The van der Waals surface area contributed by atoms with Crippen LogP contribution in [0.25, 0.3) is 0 Å². The van der Waals surface area contributed by atoms with Gasteiger partial charge in [-0.3, -0.25) is 0 Å². The number of anilines is 1. The van der Waals surface area contributed by atoms with Gasteiger partial charge in [-0.25, -0.2) is 15.0 Å². The van der Waals surface area contributed by atoms with E-state index in [9.17, 15) is 0 Å². The molecule has 2 aromatic rings. The fraction of sp³-hybridized carbons (Fsp3) is 0.533. The van der Waals surface area contributed by atoms with Crippen molar-refractivity contribution in [2.45, 2.75) is 26.3 Å². The van der Waals surface area contributed by atoms with Crippen molar-refractivity contribution >= 4 is 23.2 Å². The second kappa shape index (κ2) is 7.52. The van der Waals surface area contributed by atoms with Gasteiger partial charge in [-0.2, -0.15) is 0 Å². The molecule has 3 heterocycles. The summed E-state index contributed by atoms with van der Waals surface area (Å²) in [5.41, 5.74) is 6.13. The maximum Gasteiger partial charge on any atom is 0.225 e. The molecule has 0 radical (unpaired) electrons. The zero-order chi connectivity index (χ0) is 16.9. The zero-order valence-electron chi connectivity index (χ0n) is 14.0. The Kier molecular flexibility index (Phi) is 5.19. The fourth-order valence-corrected chi connectivity index (χ4v) is 3.17. The van der Waals surface area contributed by atoms with E-state index in [-0.39, 0.29) is 0 Å². The maximum atomic E-state index is 6.13. The van der Waals surface area contributed by atoms with Crippen molar-refractivity contribution in [1.82, 2.24) is 25.1 Å². The molecule has 0 aliphatic carbocycles. The largest absolute Gasteiger partial charge is 0.370 e. The van der Waals surface area contributed by atoms with Gasteiger partial charge < -0.3 is 15.5 Å². The van der Waals surface area contributed by atoms with Crippen LogP contribution in [0.2, 0.25) is 0 Å². The fourth-order valence-electron chi connectivity index (χ4n) is 2.40. The summed E-state index contributed by atoms with van der Waals surface area (Å²) in [5.74, 6) is 1.72. The summed E-state index contributed by atoms with van der Waals surface area (Å²) in [4.78, 5) is 17.3. The molecule has 128 valence electrons. The van der Waals surface area contributed by atoms with Crippen molar-refractivity contribution in [2.24, 2.45) is 10.7 Å². The second-order valence-electron chi connectivity index (χ2n) is 5.89. The molecule has 0 saturated carbocycles. The molecule has 2 aromatic heterocycles. The highest BCUT2D eigenvalue weighted by Gasteiger charge is 2.20. The first-order valence-electron chi connectivity index (χ1n) is 8.02. The number of nitrogens with two attached hydrogens (primary N) is 1. The van der Waals surface area contributed by atoms with Gasteiger partial charge in [0.15, 0.2) is 5.96 Å². The Morgan fingerprint density at radius 3 is 2.54 bits per heavy atom. The molecule has 0 amide bonds. The van der Waals surface area contributed by atoms with E-state index in [1.807, 2.05) is 6.07 Å². The molecule has 24 heavy (non-hydrogen) atoms. The van der Waals surface area contributed by atoms with Gasteiger partial charge in [-0.05, 0) is 6.07 Å². The highest BCUT2D eigenvalue weighted by molar-refractivity contribution is 7.11. The van der Waals surface area contributed by atoms with E-state index < -0.39 is 0 Å². The zero-order valence-corrected chi connectivity index (χ0v) is 14.8. The lowest BCUT2D eigenvalue weighted by Gasteiger charge is -2.35. The Labute approximate surface area is 145 Å². The van der Waals surface area contributed by atoms with E-state index in [4.69, 9.17) is 5.73 Å².